The number of ether oxygens (including phenoxy) is 1. The van der Waals surface area contributed by atoms with Crippen molar-refractivity contribution in [2.75, 3.05) is 19.5 Å². The number of carbonyl (C=O) groups is 2. The molecule has 1 N–H and O–H groups in total. The van der Waals surface area contributed by atoms with Crippen LogP contribution in [0.15, 0.2) is 48.5 Å². The Balaban J connectivity index is 1.73. The monoisotopic (exact) mass is 437 g/mol. The highest BCUT2D eigenvalue weighted by molar-refractivity contribution is 6.18. The van der Waals surface area contributed by atoms with Gasteiger partial charge < -0.3 is 9.72 Å². The number of hydrogen-bond acceptors (Lipinski definition) is 3. The van der Waals surface area contributed by atoms with Crippen molar-refractivity contribution in [3.05, 3.63) is 65.4 Å². The van der Waals surface area contributed by atoms with Crippen molar-refractivity contribution >= 4 is 34.4 Å². The van der Waals surface area contributed by atoms with Gasteiger partial charge in [0, 0.05) is 35.4 Å². The molecule has 0 spiro atoms. The molecule has 5 rings (SSSR count). The first-order chi connectivity index (χ1) is 15.0. The normalized spacial score (nSPS) is 22.7. The molecule has 0 saturated carbocycles. The van der Waals surface area contributed by atoms with E-state index in [-0.39, 0.29) is 18.0 Å². The second-order valence-corrected chi connectivity index (χ2v) is 8.72. The summed E-state index contributed by atoms with van der Waals surface area (Å²) >= 11 is 5.86. The molecule has 3 heterocycles. The number of nitrogens with one attached hydrogen (secondary N) is 1. The molecule has 31 heavy (non-hydrogen) atoms. The largest absolute Gasteiger partial charge is 0.497 e. The number of H-pyrrole nitrogens is 1. The Morgan fingerprint density at radius 2 is 1.97 bits per heavy atom. The third-order valence-electron chi connectivity index (χ3n) is 6.50. The van der Waals surface area contributed by atoms with Crippen LogP contribution in [0.25, 0.3) is 10.9 Å². The Morgan fingerprint density at radius 1 is 1.19 bits per heavy atom. The lowest BCUT2D eigenvalue weighted by Crippen LogP contribution is -2.53. The van der Waals surface area contributed by atoms with Crippen molar-refractivity contribution in [3.8, 4) is 5.75 Å². The first kappa shape index (κ1) is 19.9. The second kappa shape index (κ2) is 7.31. The van der Waals surface area contributed by atoms with Gasteiger partial charge in [0.1, 0.15) is 17.3 Å². The zero-order valence-electron chi connectivity index (χ0n) is 17.5. The van der Waals surface area contributed by atoms with Gasteiger partial charge in [-0.3, -0.25) is 14.6 Å². The fourth-order valence-corrected chi connectivity index (χ4v) is 5.14. The molecule has 0 aliphatic carbocycles. The van der Waals surface area contributed by atoms with Gasteiger partial charge in [-0.2, -0.15) is 0 Å². The zero-order chi connectivity index (χ0) is 21.8. The number of alkyl halides is 1. The SMILES string of the molecule is COc1ccc2[nH]c3c(c2c1)C[C@@]1(C)C(=O)N(CCCCl)C(=O)N1[C@@H]3c1ccccc1. The number of fused-ring (bicyclic) bond motifs is 4. The van der Waals surface area contributed by atoms with Crippen molar-refractivity contribution < 1.29 is 14.3 Å². The third kappa shape index (κ3) is 2.85. The van der Waals surface area contributed by atoms with Gasteiger partial charge in [-0.1, -0.05) is 30.3 Å². The van der Waals surface area contributed by atoms with Crippen LogP contribution in [0.1, 0.15) is 36.2 Å². The molecular formula is C24H24ClN3O3. The van der Waals surface area contributed by atoms with E-state index in [1.165, 1.54) is 4.90 Å². The van der Waals surface area contributed by atoms with Gasteiger partial charge in [-0.05, 0) is 42.7 Å². The highest BCUT2D eigenvalue weighted by Gasteiger charge is 2.59. The highest BCUT2D eigenvalue weighted by Crippen LogP contribution is 2.48. The molecule has 3 amide bonds. The summed E-state index contributed by atoms with van der Waals surface area (Å²) in [4.78, 5) is 33.7. The Kier molecular flexibility index (Phi) is 4.70. The van der Waals surface area contributed by atoms with E-state index in [1.54, 1.807) is 12.0 Å². The van der Waals surface area contributed by atoms with Gasteiger partial charge in [0.05, 0.1) is 7.11 Å². The lowest BCUT2D eigenvalue weighted by atomic mass is 9.81. The molecule has 0 bridgehead atoms. The lowest BCUT2D eigenvalue weighted by molar-refractivity contribution is -0.133. The van der Waals surface area contributed by atoms with Gasteiger partial charge >= 0.3 is 6.03 Å². The quantitative estimate of drug-likeness (QED) is 0.473. The predicted octanol–water partition coefficient (Wildman–Crippen LogP) is 4.47. The highest BCUT2D eigenvalue weighted by atomic mass is 35.5. The van der Waals surface area contributed by atoms with Gasteiger partial charge in [0.15, 0.2) is 0 Å². The average molecular weight is 438 g/mol. The number of aromatic nitrogens is 1. The predicted molar refractivity (Wildman–Crippen MR) is 120 cm³/mol. The van der Waals surface area contributed by atoms with E-state index in [0.717, 1.165) is 33.5 Å². The van der Waals surface area contributed by atoms with Crippen molar-refractivity contribution in [1.29, 1.82) is 0 Å². The van der Waals surface area contributed by atoms with E-state index in [0.29, 0.717) is 25.3 Å². The van der Waals surface area contributed by atoms with Gasteiger partial charge in [0.2, 0.25) is 0 Å². The number of aromatic amines is 1. The van der Waals surface area contributed by atoms with Crippen LogP contribution < -0.4 is 4.74 Å². The minimum atomic E-state index is -0.963. The smallest absolute Gasteiger partial charge is 0.328 e. The summed E-state index contributed by atoms with van der Waals surface area (Å²) in [5, 5.41) is 1.02. The minimum absolute atomic E-state index is 0.161. The molecule has 1 saturated heterocycles. The van der Waals surface area contributed by atoms with E-state index >= 15 is 0 Å². The molecule has 0 radical (unpaired) electrons. The van der Waals surface area contributed by atoms with Crippen LogP contribution in [0.3, 0.4) is 0 Å². The topological polar surface area (TPSA) is 65.6 Å². The Morgan fingerprint density at radius 3 is 2.68 bits per heavy atom. The van der Waals surface area contributed by atoms with E-state index in [9.17, 15) is 9.59 Å². The maximum atomic E-state index is 13.5. The van der Waals surface area contributed by atoms with Crippen molar-refractivity contribution in [2.45, 2.75) is 31.3 Å². The summed E-state index contributed by atoms with van der Waals surface area (Å²) < 4.78 is 5.44. The molecule has 6 nitrogen and oxygen atoms in total. The molecule has 2 aliphatic heterocycles. The van der Waals surface area contributed by atoms with Crippen LogP contribution in [0.2, 0.25) is 0 Å². The number of rotatable bonds is 5. The summed E-state index contributed by atoms with van der Waals surface area (Å²) in [5.41, 5.74) is 2.98. The number of halogens is 1. The number of urea groups is 1. The Labute approximate surface area is 185 Å². The summed E-state index contributed by atoms with van der Waals surface area (Å²) in [5.74, 6) is 1.00. The molecule has 1 aromatic heterocycles. The van der Waals surface area contributed by atoms with Gasteiger partial charge in [0.25, 0.3) is 5.91 Å². The molecule has 2 aliphatic rings. The van der Waals surface area contributed by atoms with E-state index in [4.69, 9.17) is 16.3 Å². The summed E-state index contributed by atoms with van der Waals surface area (Å²) in [6.07, 6.45) is 1.02. The van der Waals surface area contributed by atoms with Gasteiger partial charge in [-0.25, -0.2) is 4.79 Å². The first-order valence-electron chi connectivity index (χ1n) is 10.4. The molecule has 7 heteroatoms. The second-order valence-electron chi connectivity index (χ2n) is 8.34. The Hall–Kier alpha value is -2.99. The summed E-state index contributed by atoms with van der Waals surface area (Å²) in [7, 11) is 1.64. The first-order valence-corrected chi connectivity index (χ1v) is 11.0. The zero-order valence-corrected chi connectivity index (χ0v) is 18.3. The number of benzene rings is 2. The Bertz CT molecular complexity index is 1180. The molecule has 160 valence electrons. The lowest BCUT2D eigenvalue weighted by Gasteiger charge is -2.42. The number of hydrogen-bond donors (Lipinski definition) is 1. The van der Waals surface area contributed by atoms with E-state index in [2.05, 4.69) is 4.98 Å². The number of methoxy groups -OCH3 is 1. The summed E-state index contributed by atoms with van der Waals surface area (Å²) in [6, 6.07) is 15.1. The van der Waals surface area contributed by atoms with Crippen LogP contribution in [0, 0.1) is 0 Å². The van der Waals surface area contributed by atoms with Crippen LogP contribution in [-0.4, -0.2) is 51.8 Å². The number of carbonyl (C=O) groups excluding carboxylic acids is 2. The van der Waals surface area contributed by atoms with E-state index in [1.807, 2.05) is 55.5 Å². The number of nitrogens with zero attached hydrogens (tertiary/aromatic N) is 2. The minimum Gasteiger partial charge on any atom is -0.497 e. The van der Waals surface area contributed by atoms with Crippen molar-refractivity contribution in [1.82, 2.24) is 14.8 Å². The van der Waals surface area contributed by atoms with Crippen LogP contribution >= 0.6 is 11.6 Å². The number of amides is 3. The molecule has 1 fully saturated rings. The fraction of sp³-hybridized carbons (Fsp3) is 0.333. The number of imide groups is 1. The average Bonchev–Trinajstić information content (AvgIpc) is 3.23. The molecule has 3 aromatic rings. The van der Waals surface area contributed by atoms with Crippen molar-refractivity contribution in [2.24, 2.45) is 0 Å². The third-order valence-corrected chi connectivity index (χ3v) is 6.77. The molecule has 2 aromatic carbocycles. The maximum absolute atomic E-state index is 13.5. The molecule has 2 atom stereocenters. The van der Waals surface area contributed by atoms with E-state index < -0.39 is 5.54 Å². The molecular weight excluding hydrogens is 414 g/mol. The van der Waals surface area contributed by atoms with Crippen LogP contribution in [-0.2, 0) is 11.2 Å². The van der Waals surface area contributed by atoms with Crippen molar-refractivity contribution in [3.63, 3.8) is 0 Å². The van der Waals surface area contributed by atoms with Crippen LogP contribution in [0.5, 0.6) is 5.75 Å². The van der Waals surface area contributed by atoms with Crippen LogP contribution in [0.4, 0.5) is 4.79 Å². The molecule has 0 unspecified atom stereocenters. The fourth-order valence-electron chi connectivity index (χ4n) is 5.02. The summed E-state index contributed by atoms with van der Waals surface area (Å²) in [6.45, 7) is 2.21. The maximum Gasteiger partial charge on any atom is 0.328 e. The standard InChI is InChI=1S/C24H24ClN3O3/c1-24-14-18-17-13-16(31-2)9-10-19(17)26-20(18)21(15-7-4-3-5-8-15)28(24)23(30)27(22(24)29)12-6-11-25/h3-5,7-10,13,21,26H,6,11-12,14H2,1-2H3/t21-,24+/m1/s1. The van der Waals surface area contributed by atoms with Gasteiger partial charge in [-0.15, -0.1) is 11.6 Å².